The van der Waals surface area contributed by atoms with E-state index in [1.165, 1.54) is 11.3 Å². The highest BCUT2D eigenvalue weighted by Gasteiger charge is 2.22. The van der Waals surface area contributed by atoms with E-state index in [1.54, 1.807) is 42.7 Å². The Bertz CT molecular complexity index is 1180. The molecule has 30 heavy (non-hydrogen) atoms. The number of carbonyl (C=O) groups excluding carboxylic acids is 2. The number of hydrogen-bond acceptors (Lipinski definition) is 6. The topological polar surface area (TPSA) is 90.3 Å². The molecule has 0 radical (unpaired) electrons. The summed E-state index contributed by atoms with van der Waals surface area (Å²) in [6.07, 6.45) is 3.88. The van der Waals surface area contributed by atoms with Crippen molar-refractivity contribution in [2.24, 2.45) is 0 Å². The molecule has 3 heterocycles. The van der Waals surface area contributed by atoms with Crippen LogP contribution in [0.25, 0.3) is 10.2 Å². The number of aromatic nitrogens is 2. The Hall–Kier alpha value is -3.00. The number of benzene rings is 1. The molecule has 0 bridgehead atoms. The summed E-state index contributed by atoms with van der Waals surface area (Å²) in [6.45, 7) is 4.53. The van der Waals surface area contributed by atoms with E-state index in [-0.39, 0.29) is 11.5 Å². The Morgan fingerprint density at radius 2 is 1.97 bits per heavy atom. The maximum Gasteiger partial charge on any atom is 0.338 e. The predicted molar refractivity (Wildman–Crippen MR) is 117 cm³/mol. The Balaban J connectivity index is 1.62. The SMILES string of the molecule is CCOC(=O)c1ccc(NC(=O)c2sc3nc4n(c(=O)c3c2C)CCCCC4)cc1. The van der Waals surface area contributed by atoms with Gasteiger partial charge in [-0.15, -0.1) is 11.3 Å². The summed E-state index contributed by atoms with van der Waals surface area (Å²) in [5, 5.41) is 3.38. The first-order valence-electron chi connectivity index (χ1n) is 10.1. The zero-order valence-corrected chi connectivity index (χ0v) is 17.8. The third kappa shape index (κ3) is 3.75. The van der Waals surface area contributed by atoms with E-state index < -0.39 is 5.97 Å². The van der Waals surface area contributed by atoms with Gasteiger partial charge in [0.25, 0.3) is 11.5 Å². The Labute approximate surface area is 177 Å². The van der Waals surface area contributed by atoms with Crippen molar-refractivity contribution in [1.82, 2.24) is 9.55 Å². The molecule has 0 fully saturated rings. The van der Waals surface area contributed by atoms with Crippen LogP contribution in [0.4, 0.5) is 5.69 Å². The van der Waals surface area contributed by atoms with Gasteiger partial charge in [0.05, 0.1) is 22.4 Å². The molecule has 1 N–H and O–H groups in total. The predicted octanol–water partition coefficient (Wildman–Crippen LogP) is 3.92. The third-order valence-corrected chi connectivity index (χ3v) is 6.46. The molecule has 156 valence electrons. The lowest BCUT2D eigenvalue weighted by atomic mass is 10.2. The van der Waals surface area contributed by atoms with E-state index in [0.29, 0.717) is 45.1 Å². The molecule has 1 aliphatic rings. The fraction of sp³-hybridized carbons (Fsp3) is 0.364. The first-order chi connectivity index (χ1) is 14.5. The number of fused-ring (bicyclic) bond motifs is 2. The molecule has 0 aliphatic carbocycles. The van der Waals surface area contributed by atoms with Crippen LogP contribution in [0.3, 0.4) is 0 Å². The van der Waals surface area contributed by atoms with Crippen molar-refractivity contribution >= 4 is 39.1 Å². The van der Waals surface area contributed by atoms with Crippen LogP contribution in [-0.2, 0) is 17.7 Å². The minimum absolute atomic E-state index is 0.0523. The molecule has 7 nitrogen and oxygen atoms in total. The third-order valence-electron chi connectivity index (χ3n) is 5.27. The smallest absolute Gasteiger partial charge is 0.338 e. The van der Waals surface area contributed by atoms with Crippen LogP contribution in [0.5, 0.6) is 0 Å². The van der Waals surface area contributed by atoms with E-state index in [1.807, 2.05) is 0 Å². The van der Waals surface area contributed by atoms with Gasteiger partial charge < -0.3 is 10.1 Å². The average molecular weight is 426 g/mol. The number of nitrogens with zero attached hydrogens (tertiary/aromatic N) is 2. The number of hydrogen-bond donors (Lipinski definition) is 1. The second-order valence-corrected chi connectivity index (χ2v) is 8.28. The summed E-state index contributed by atoms with van der Waals surface area (Å²) >= 11 is 1.25. The number of ether oxygens (including phenoxy) is 1. The first kappa shape index (κ1) is 20.3. The van der Waals surface area contributed by atoms with E-state index in [4.69, 9.17) is 9.72 Å². The fourth-order valence-electron chi connectivity index (χ4n) is 3.72. The van der Waals surface area contributed by atoms with Gasteiger partial charge in [0.2, 0.25) is 0 Å². The monoisotopic (exact) mass is 425 g/mol. The molecule has 1 aromatic carbocycles. The quantitative estimate of drug-likeness (QED) is 0.640. The number of aryl methyl sites for hydroxylation is 2. The summed E-state index contributed by atoms with van der Waals surface area (Å²) in [5.41, 5.74) is 1.59. The highest BCUT2D eigenvalue weighted by Crippen LogP contribution is 2.29. The molecule has 3 aromatic rings. The van der Waals surface area contributed by atoms with Gasteiger partial charge >= 0.3 is 5.97 Å². The molecule has 0 spiro atoms. The number of carbonyl (C=O) groups is 2. The highest BCUT2D eigenvalue weighted by atomic mass is 32.1. The van der Waals surface area contributed by atoms with Crippen LogP contribution < -0.4 is 10.9 Å². The number of anilines is 1. The molecular weight excluding hydrogens is 402 g/mol. The molecule has 2 aromatic heterocycles. The minimum atomic E-state index is -0.401. The van der Waals surface area contributed by atoms with Gasteiger partial charge in [-0.1, -0.05) is 6.42 Å². The highest BCUT2D eigenvalue weighted by molar-refractivity contribution is 7.20. The van der Waals surface area contributed by atoms with Crippen molar-refractivity contribution in [3.8, 4) is 0 Å². The van der Waals surface area contributed by atoms with Crippen LogP contribution in [-0.4, -0.2) is 28.0 Å². The van der Waals surface area contributed by atoms with E-state index in [0.717, 1.165) is 31.5 Å². The van der Waals surface area contributed by atoms with E-state index in [2.05, 4.69) is 5.32 Å². The largest absolute Gasteiger partial charge is 0.462 e. The molecular formula is C22H23N3O4S. The molecule has 0 unspecified atom stereocenters. The minimum Gasteiger partial charge on any atom is -0.462 e. The van der Waals surface area contributed by atoms with Crippen LogP contribution in [0, 0.1) is 6.92 Å². The van der Waals surface area contributed by atoms with Crippen molar-refractivity contribution in [2.75, 3.05) is 11.9 Å². The van der Waals surface area contributed by atoms with Crippen molar-refractivity contribution in [2.45, 2.75) is 46.1 Å². The first-order valence-corrected chi connectivity index (χ1v) is 10.9. The van der Waals surface area contributed by atoms with Crippen molar-refractivity contribution in [3.63, 3.8) is 0 Å². The van der Waals surface area contributed by atoms with E-state index in [9.17, 15) is 14.4 Å². The second kappa shape index (κ2) is 8.39. The van der Waals surface area contributed by atoms with Crippen molar-refractivity contribution < 1.29 is 14.3 Å². The average Bonchev–Trinajstić information content (AvgIpc) is 2.90. The van der Waals surface area contributed by atoms with Crippen LogP contribution >= 0.6 is 11.3 Å². The summed E-state index contributed by atoms with van der Waals surface area (Å²) in [4.78, 5) is 43.5. The molecule has 8 heteroatoms. The van der Waals surface area contributed by atoms with Crippen molar-refractivity contribution in [1.29, 1.82) is 0 Å². The Morgan fingerprint density at radius 1 is 1.20 bits per heavy atom. The van der Waals surface area contributed by atoms with Crippen LogP contribution in [0.1, 0.15) is 57.6 Å². The normalized spacial score (nSPS) is 13.5. The second-order valence-electron chi connectivity index (χ2n) is 7.28. The lowest BCUT2D eigenvalue weighted by Crippen LogP contribution is -2.24. The van der Waals surface area contributed by atoms with Gasteiger partial charge in [-0.3, -0.25) is 14.2 Å². The maximum absolute atomic E-state index is 13.0. The summed E-state index contributed by atoms with van der Waals surface area (Å²) in [5.74, 6) is 0.119. The number of thiophene rings is 1. The maximum atomic E-state index is 13.0. The molecule has 0 saturated carbocycles. The number of amides is 1. The molecule has 1 aliphatic heterocycles. The van der Waals surface area contributed by atoms with Crippen molar-refractivity contribution in [3.05, 3.63) is 56.4 Å². The number of esters is 1. The zero-order valence-electron chi connectivity index (χ0n) is 17.0. The van der Waals surface area contributed by atoms with Gasteiger partial charge in [0.1, 0.15) is 10.7 Å². The van der Waals surface area contributed by atoms with Gasteiger partial charge in [-0.2, -0.15) is 0 Å². The lowest BCUT2D eigenvalue weighted by Gasteiger charge is -2.08. The standard InChI is InChI=1S/C22H23N3O4S/c1-3-29-22(28)14-8-10-15(11-9-14)23-19(26)18-13(2)17-20(30-18)24-16-7-5-4-6-12-25(16)21(17)27/h8-11H,3-7,12H2,1-2H3,(H,23,26). The summed E-state index contributed by atoms with van der Waals surface area (Å²) < 4.78 is 6.73. The van der Waals surface area contributed by atoms with Gasteiger partial charge in [0.15, 0.2) is 0 Å². The van der Waals surface area contributed by atoms with Gasteiger partial charge in [-0.25, -0.2) is 9.78 Å². The van der Waals surface area contributed by atoms with Crippen LogP contribution in [0.2, 0.25) is 0 Å². The molecule has 0 atom stereocenters. The molecule has 1 amide bonds. The van der Waals surface area contributed by atoms with Crippen LogP contribution in [0.15, 0.2) is 29.1 Å². The number of rotatable bonds is 4. The summed E-state index contributed by atoms with van der Waals surface area (Å²) in [7, 11) is 0. The zero-order chi connectivity index (χ0) is 21.3. The molecule has 0 saturated heterocycles. The Kier molecular flexibility index (Phi) is 5.67. The van der Waals surface area contributed by atoms with Gasteiger partial charge in [0, 0.05) is 18.7 Å². The summed E-state index contributed by atoms with van der Waals surface area (Å²) in [6, 6.07) is 6.52. The molecule has 4 rings (SSSR count). The Morgan fingerprint density at radius 3 is 2.70 bits per heavy atom. The lowest BCUT2D eigenvalue weighted by molar-refractivity contribution is 0.0526. The van der Waals surface area contributed by atoms with E-state index >= 15 is 0 Å². The fourth-order valence-corrected chi connectivity index (χ4v) is 4.80. The van der Waals surface area contributed by atoms with Gasteiger partial charge in [-0.05, 0) is 56.5 Å². The number of nitrogens with one attached hydrogen (secondary N) is 1.